The number of halogens is 1. The van der Waals surface area contributed by atoms with E-state index in [-0.39, 0.29) is 23.9 Å². The van der Waals surface area contributed by atoms with Crippen LogP contribution in [0.5, 0.6) is 11.5 Å². The van der Waals surface area contributed by atoms with Crippen molar-refractivity contribution >= 4 is 55.6 Å². The van der Waals surface area contributed by atoms with Gasteiger partial charge in [-0.1, -0.05) is 52.3 Å². The second-order valence-corrected chi connectivity index (χ2v) is 10.5. The Kier molecular flexibility index (Phi) is 7.76. The lowest BCUT2D eigenvalue weighted by molar-refractivity contribution is -0.118. The van der Waals surface area contributed by atoms with Gasteiger partial charge in [-0.05, 0) is 67.1 Å². The molecule has 6 aromatic rings. The van der Waals surface area contributed by atoms with Crippen molar-refractivity contribution < 1.29 is 18.7 Å². The van der Waals surface area contributed by atoms with Gasteiger partial charge in [0, 0.05) is 15.7 Å². The molecule has 0 spiro atoms. The summed E-state index contributed by atoms with van der Waals surface area (Å²) in [6, 6.07) is 27.1. The van der Waals surface area contributed by atoms with E-state index in [0.29, 0.717) is 45.0 Å². The Morgan fingerprint density at radius 3 is 2.65 bits per heavy atom. The van der Waals surface area contributed by atoms with Gasteiger partial charge in [-0.15, -0.1) is 0 Å². The molecular weight excluding hydrogens is 612 g/mol. The van der Waals surface area contributed by atoms with Crippen molar-refractivity contribution in [3.63, 3.8) is 0 Å². The fraction of sp³-hybridized carbons (Fsp3) is 0.0909. The lowest BCUT2D eigenvalue weighted by atomic mass is 10.2. The lowest BCUT2D eigenvalue weighted by Gasteiger charge is -2.12. The maximum atomic E-state index is 13.7. The quantitative estimate of drug-likeness (QED) is 0.184. The molecule has 0 radical (unpaired) electrons. The third-order valence-corrected chi connectivity index (χ3v) is 7.27. The maximum Gasteiger partial charge on any atom is 0.282 e. The van der Waals surface area contributed by atoms with Crippen molar-refractivity contribution in [2.45, 2.75) is 6.92 Å². The van der Waals surface area contributed by atoms with Crippen LogP contribution in [0.4, 0.5) is 5.69 Å². The van der Waals surface area contributed by atoms with Gasteiger partial charge in [0.05, 0.1) is 29.6 Å². The van der Waals surface area contributed by atoms with Crippen LogP contribution < -0.4 is 20.3 Å². The van der Waals surface area contributed by atoms with Gasteiger partial charge >= 0.3 is 0 Å². The average Bonchev–Trinajstić information content (AvgIpc) is 3.46. The molecule has 9 nitrogen and oxygen atoms in total. The molecule has 0 aliphatic rings. The smallest absolute Gasteiger partial charge is 0.282 e. The minimum atomic E-state index is -0.376. The molecule has 10 heteroatoms. The average molecular weight is 637 g/mol. The summed E-state index contributed by atoms with van der Waals surface area (Å²) in [6.07, 6.45) is 1.49. The second-order valence-electron chi connectivity index (χ2n) is 9.63. The van der Waals surface area contributed by atoms with Crippen LogP contribution in [0.2, 0.25) is 0 Å². The van der Waals surface area contributed by atoms with E-state index in [4.69, 9.17) is 18.9 Å². The number of para-hydroxylation sites is 2. The van der Waals surface area contributed by atoms with E-state index in [1.54, 1.807) is 49.6 Å². The Hall–Kier alpha value is -5.22. The largest absolute Gasteiger partial charge is 0.496 e. The number of aryl methyl sites for hydroxylation is 1. The van der Waals surface area contributed by atoms with E-state index in [0.717, 1.165) is 15.4 Å². The highest BCUT2D eigenvalue weighted by molar-refractivity contribution is 9.10. The van der Waals surface area contributed by atoms with Gasteiger partial charge in [-0.2, -0.15) is 9.78 Å². The van der Waals surface area contributed by atoms with E-state index in [1.807, 2.05) is 55.5 Å². The summed E-state index contributed by atoms with van der Waals surface area (Å²) in [4.78, 5) is 31.1. The molecule has 0 saturated heterocycles. The summed E-state index contributed by atoms with van der Waals surface area (Å²) in [6.45, 7) is 1.69. The molecule has 1 amide bonds. The highest BCUT2D eigenvalue weighted by Crippen LogP contribution is 2.33. The fourth-order valence-electron chi connectivity index (χ4n) is 4.63. The van der Waals surface area contributed by atoms with Gasteiger partial charge < -0.3 is 19.2 Å². The normalized spacial score (nSPS) is 11.3. The summed E-state index contributed by atoms with van der Waals surface area (Å²) < 4.78 is 19.4. The van der Waals surface area contributed by atoms with Gasteiger partial charge in [-0.25, -0.2) is 4.98 Å². The third-order valence-electron chi connectivity index (χ3n) is 6.78. The zero-order valence-corrected chi connectivity index (χ0v) is 24.8. The second kappa shape index (κ2) is 11.9. The molecule has 0 bridgehead atoms. The predicted octanol–water partition coefficient (Wildman–Crippen LogP) is 6.79. The van der Waals surface area contributed by atoms with Crippen molar-refractivity contribution in [2.24, 2.45) is 5.10 Å². The highest BCUT2D eigenvalue weighted by Gasteiger charge is 2.18. The van der Waals surface area contributed by atoms with Crippen LogP contribution in [-0.2, 0) is 4.79 Å². The lowest BCUT2D eigenvalue weighted by Crippen LogP contribution is -2.21. The van der Waals surface area contributed by atoms with Crippen molar-refractivity contribution in [1.29, 1.82) is 0 Å². The molecular formula is C33H25BrN4O5. The third kappa shape index (κ3) is 5.77. The van der Waals surface area contributed by atoms with E-state index in [2.05, 4.69) is 26.3 Å². The van der Waals surface area contributed by atoms with Crippen LogP contribution in [0.15, 0.2) is 110 Å². The van der Waals surface area contributed by atoms with Crippen molar-refractivity contribution in [2.75, 3.05) is 19.0 Å². The van der Waals surface area contributed by atoms with Gasteiger partial charge in [-0.3, -0.25) is 9.59 Å². The summed E-state index contributed by atoms with van der Waals surface area (Å²) in [5.41, 5.74) is 2.91. The van der Waals surface area contributed by atoms with Gasteiger partial charge in [0.2, 0.25) is 5.82 Å². The van der Waals surface area contributed by atoms with Crippen molar-refractivity contribution in [3.8, 4) is 23.1 Å². The van der Waals surface area contributed by atoms with Crippen LogP contribution in [0.1, 0.15) is 11.1 Å². The van der Waals surface area contributed by atoms with E-state index >= 15 is 0 Å². The molecule has 0 saturated carbocycles. The number of carbonyl (C=O) groups is 1. The number of nitrogens with zero attached hydrogens (tertiary/aromatic N) is 3. The molecule has 1 N–H and O–H groups in total. The standard InChI is InChI=1S/C33H25BrN4O5/c1-20-8-3-5-10-25(20)36-31(39)19-42-27-15-14-22(34)16-21(27)18-35-38-32(37-26-11-6-4-9-23(26)33(38)40)30-17-24-28(41-2)12-7-13-29(24)43-30/h3-18H,19H2,1-2H3,(H,36,39). The van der Waals surface area contributed by atoms with Crippen LogP contribution >= 0.6 is 15.9 Å². The number of carbonyl (C=O) groups excluding carboxylic acids is 1. The van der Waals surface area contributed by atoms with Crippen molar-refractivity contribution in [1.82, 2.24) is 9.66 Å². The first-order valence-electron chi connectivity index (χ1n) is 13.3. The topological polar surface area (TPSA) is 108 Å². The number of methoxy groups -OCH3 is 1. The molecule has 0 fully saturated rings. The van der Waals surface area contributed by atoms with Crippen LogP contribution in [0.25, 0.3) is 33.5 Å². The summed E-state index contributed by atoms with van der Waals surface area (Å²) in [7, 11) is 1.58. The molecule has 2 aromatic heterocycles. The van der Waals surface area contributed by atoms with Crippen molar-refractivity contribution in [3.05, 3.63) is 117 Å². The predicted molar refractivity (Wildman–Crippen MR) is 170 cm³/mol. The zero-order chi connectivity index (χ0) is 29.9. The minimum Gasteiger partial charge on any atom is -0.496 e. The molecule has 2 heterocycles. The number of hydrogen-bond donors (Lipinski definition) is 1. The van der Waals surface area contributed by atoms with Crippen LogP contribution in [-0.4, -0.2) is 35.5 Å². The van der Waals surface area contributed by atoms with Gasteiger partial charge in [0.1, 0.15) is 17.1 Å². The van der Waals surface area contributed by atoms with E-state index in [1.165, 1.54) is 10.9 Å². The van der Waals surface area contributed by atoms with Crippen LogP contribution in [0.3, 0.4) is 0 Å². The summed E-state index contributed by atoms with van der Waals surface area (Å²) in [5.74, 6) is 1.29. The number of nitrogens with one attached hydrogen (secondary N) is 1. The fourth-order valence-corrected chi connectivity index (χ4v) is 5.01. The Morgan fingerprint density at radius 2 is 1.81 bits per heavy atom. The molecule has 43 heavy (non-hydrogen) atoms. The number of benzene rings is 4. The van der Waals surface area contributed by atoms with Gasteiger partial charge in [0.15, 0.2) is 12.4 Å². The maximum absolute atomic E-state index is 13.7. The highest BCUT2D eigenvalue weighted by atomic mass is 79.9. The Bertz CT molecular complexity index is 2080. The Morgan fingerprint density at radius 1 is 1.00 bits per heavy atom. The number of hydrogen-bond acceptors (Lipinski definition) is 7. The number of aromatic nitrogens is 2. The van der Waals surface area contributed by atoms with Crippen LogP contribution in [0, 0.1) is 6.92 Å². The zero-order valence-electron chi connectivity index (χ0n) is 23.2. The number of amides is 1. The first kappa shape index (κ1) is 27.9. The van der Waals surface area contributed by atoms with Gasteiger partial charge in [0.25, 0.3) is 11.5 Å². The molecule has 0 aliphatic carbocycles. The number of rotatable bonds is 8. The first-order chi connectivity index (χ1) is 20.9. The molecule has 0 aliphatic heterocycles. The number of anilines is 1. The molecule has 4 aromatic carbocycles. The summed E-state index contributed by atoms with van der Waals surface area (Å²) in [5, 5.41) is 8.55. The molecule has 6 rings (SSSR count). The minimum absolute atomic E-state index is 0.216. The van der Waals surface area contributed by atoms with E-state index < -0.39 is 0 Å². The SMILES string of the molecule is COc1cccc2oc(-c3nc4ccccc4c(=O)n3N=Cc3cc(Br)ccc3OCC(=O)Nc3ccccc3C)cc12. The number of furan rings is 1. The first-order valence-corrected chi connectivity index (χ1v) is 14.1. The van der Waals surface area contributed by atoms with E-state index in [9.17, 15) is 9.59 Å². The number of fused-ring (bicyclic) bond motifs is 2. The number of ether oxygens (including phenoxy) is 2. The molecule has 0 unspecified atom stereocenters. The molecule has 214 valence electrons. The Balaban J connectivity index is 1.37. The monoisotopic (exact) mass is 636 g/mol. The molecule has 0 atom stereocenters. The summed E-state index contributed by atoms with van der Waals surface area (Å²) >= 11 is 3.48. The Labute approximate surface area is 254 Å².